The molecule has 112 valence electrons. The Bertz CT molecular complexity index is 835. The van der Waals surface area contributed by atoms with Crippen molar-refractivity contribution in [2.45, 2.75) is 12.5 Å². The molecule has 3 heterocycles. The molecule has 0 radical (unpaired) electrons. The van der Waals surface area contributed by atoms with Crippen LogP contribution in [-0.4, -0.2) is 47.8 Å². The van der Waals surface area contributed by atoms with Crippen LogP contribution in [0.1, 0.15) is 22.8 Å². The Morgan fingerprint density at radius 2 is 2.24 bits per heavy atom. The lowest BCUT2D eigenvalue weighted by Gasteiger charge is -2.16. The highest BCUT2D eigenvalue weighted by Gasteiger charge is 2.31. The van der Waals surface area contributed by atoms with E-state index in [1.54, 1.807) is 4.57 Å². The van der Waals surface area contributed by atoms with Crippen LogP contribution in [0.4, 0.5) is 0 Å². The first kappa shape index (κ1) is 13.8. The Labute approximate surface area is 120 Å². The quantitative estimate of drug-likeness (QED) is 0.770. The van der Waals surface area contributed by atoms with Crippen molar-refractivity contribution in [1.82, 2.24) is 14.8 Å². The average Bonchev–Trinajstić information content (AvgIpc) is 3.00. The molecule has 1 saturated heterocycles. The first-order chi connectivity index (χ1) is 9.91. The molecule has 0 spiro atoms. The van der Waals surface area contributed by atoms with Crippen LogP contribution in [-0.2, 0) is 14.6 Å². The van der Waals surface area contributed by atoms with Gasteiger partial charge < -0.3 is 9.30 Å². The van der Waals surface area contributed by atoms with Crippen LogP contribution in [0.2, 0.25) is 0 Å². The van der Waals surface area contributed by atoms with Crippen molar-refractivity contribution in [1.29, 1.82) is 0 Å². The van der Waals surface area contributed by atoms with Crippen molar-refractivity contribution in [3.63, 3.8) is 0 Å². The van der Waals surface area contributed by atoms with Gasteiger partial charge in [-0.2, -0.15) is 5.10 Å². The predicted molar refractivity (Wildman–Crippen MR) is 73.1 cm³/mol. The van der Waals surface area contributed by atoms with Gasteiger partial charge in [-0.15, -0.1) is 0 Å². The largest absolute Gasteiger partial charge is 0.465 e. The number of nitrogens with zero attached hydrogens (tertiary/aromatic N) is 2. The van der Waals surface area contributed by atoms with E-state index < -0.39 is 21.4 Å². The molecule has 0 aromatic carbocycles. The molecular formula is C12H13N3O5S. The van der Waals surface area contributed by atoms with Gasteiger partial charge >= 0.3 is 5.97 Å². The molecule has 3 rings (SSSR count). The lowest BCUT2D eigenvalue weighted by Crippen LogP contribution is -2.16. The molecule has 1 fully saturated rings. The molecule has 8 nitrogen and oxygen atoms in total. The van der Waals surface area contributed by atoms with Crippen LogP contribution in [0, 0.1) is 0 Å². The summed E-state index contributed by atoms with van der Waals surface area (Å²) in [5, 5.41) is 6.10. The van der Waals surface area contributed by atoms with Gasteiger partial charge in [0.2, 0.25) is 0 Å². The zero-order chi connectivity index (χ0) is 15.2. The third kappa shape index (κ3) is 2.33. The van der Waals surface area contributed by atoms with Crippen molar-refractivity contribution in [2.24, 2.45) is 0 Å². The van der Waals surface area contributed by atoms with E-state index in [1.165, 1.54) is 19.5 Å². The fourth-order valence-corrected chi connectivity index (χ4v) is 4.26. The molecule has 1 unspecified atom stereocenters. The second-order valence-electron chi connectivity index (χ2n) is 4.98. The van der Waals surface area contributed by atoms with Crippen LogP contribution in [0.3, 0.4) is 0 Å². The predicted octanol–water partition coefficient (Wildman–Crippen LogP) is -0.178. The van der Waals surface area contributed by atoms with Gasteiger partial charge in [-0.25, -0.2) is 18.3 Å². The van der Waals surface area contributed by atoms with Gasteiger partial charge in [0.25, 0.3) is 5.56 Å². The van der Waals surface area contributed by atoms with E-state index in [0.29, 0.717) is 6.42 Å². The Morgan fingerprint density at radius 3 is 2.86 bits per heavy atom. The number of methoxy groups -OCH3 is 1. The molecule has 3 aliphatic rings. The maximum Gasteiger partial charge on any atom is 0.341 e. The number of hydrogen-bond donors (Lipinski definition) is 1. The zero-order valence-electron chi connectivity index (χ0n) is 11.2. The van der Waals surface area contributed by atoms with E-state index in [1.807, 2.05) is 0 Å². The monoisotopic (exact) mass is 311 g/mol. The van der Waals surface area contributed by atoms with Gasteiger partial charge in [0.15, 0.2) is 9.84 Å². The molecule has 0 saturated carbocycles. The van der Waals surface area contributed by atoms with Crippen molar-refractivity contribution < 1.29 is 17.9 Å². The minimum absolute atomic E-state index is 0.00414. The number of hydrogen-bond acceptors (Lipinski definition) is 6. The standard InChI is InChI=1S/C12H13N3O5S/c1-20-12(17)9-5-15(7-2-3-21(18,19)6-7)4-8-10(9)13-14-11(8)16/h4-5,7H,2-3,6H2,1H3,(H,14,16). The number of carbonyl (C=O) groups is 1. The molecule has 3 aliphatic heterocycles. The number of fused-ring (bicyclic) bond motifs is 1. The van der Waals surface area contributed by atoms with Crippen molar-refractivity contribution in [3.8, 4) is 11.3 Å². The number of carbonyl (C=O) groups excluding carboxylic acids is 1. The van der Waals surface area contributed by atoms with Crippen LogP contribution in [0.25, 0.3) is 11.3 Å². The Kier molecular flexibility index (Phi) is 3.08. The number of aromatic nitrogens is 3. The second kappa shape index (κ2) is 4.69. The molecular weight excluding hydrogens is 298 g/mol. The topological polar surface area (TPSA) is 111 Å². The fraction of sp³-hybridized carbons (Fsp3) is 0.417. The number of pyridine rings is 1. The lowest BCUT2D eigenvalue weighted by molar-refractivity contribution is 0.0600. The number of ether oxygens (including phenoxy) is 1. The Balaban J connectivity index is 2.15. The van der Waals surface area contributed by atoms with Gasteiger partial charge in [-0.3, -0.25) is 4.79 Å². The highest BCUT2D eigenvalue weighted by atomic mass is 32.2. The second-order valence-corrected chi connectivity index (χ2v) is 7.21. The SMILES string of the molecule is COC(=O)c1cn(C2CCS(=O)(=O)C2)cc2c(=O)[nH]nc1-2. The molecule has 21 heavy (non-hydrogen) atoms. The van der Waals surface area contributed by atoms with E-state index >= 15 is 0 Å². The summed E-state index contributed by atoms with van der Waals surface area (Å²) in [6.45, 7) is 0. The van der Waals surface area contributed by atoms with Crippen LogP contribution in [0.15, 0.2) is 17.2 Å². The zero-order valence-corrected chi connectivity index (χ0v) is 12.0. The normalized spacial score (nSPS) is 20.7. The first-order valence-electron chi connectivity index (χ1n) is 6.30. The minimum atomic E-state index is -3.07. The molecule has 1 atom stereocenters. The van der Waals surface area contributed by atoms with E-state index in [0.717, 1.165) is 0 Å². The van der Waals surface area contributed by atoms with E-state index in [4.69, 9.17) is 0 Å². The molecule has 0 aromatic heterocycles. The molecule has 0 aromatic rings. The lowest BCUT2D eigenvalue weighted by atomic mass is 10.1. The number of nitrogens with one attached hydrogen (secondary N) is 1. The van der Waals surface area contributed by atoms with Crippen LogP contribution in [0.5, 0.6) is 0 Å². The smallest absolute Gasteiger partial charge is 0.341 e. The summed E-state index contributed by atoms with van der Waals surface area (Å²) < 4.78 is 29.4. The summed E-state index contributed by atoms with van der Waals surface area (Å²) in [6, 6.07) is -0.294. The molecule has 1 N–H and O–H groups in total. The van der Waals surface area contributed by atoms with Crippen molar-refractivity contribution in [3.05, 3.63) is 28.3 Å². The Morgan fingerprint density at radius 1 is 1.48 bits per heavy atom. The van der Waals surface area contributed by atoms with Gasteiger partial charge in [-0.05, 0) is 6.42 Å². The minimum Gasteiger partial charge on any atom is -0.465 e. The van der Waals surface area contributed by atoms with E-state index in [-0.39, 0.29) is 34.4 Å². The molecule has 0 amide bonds. The summed E-state index contributed by atoms with van der Waals surface area (Å²) in [5.41, 5.74) is 0.175. The number of esters is 1. The van der Waals surface area contributed by atoms with Gasteiger partial charge in [-0.1, -0.05) is 0 Å². The summed E-state index contributed by atoms with van der Waals surface area (Å²) >= 11 is 0. The maximum absolute atomic E-state index is 11.8. The average molecular weight is 311 g/mol. The molecule has 9 heteroatoms. The maximum atomic E-state index is 11.8. The van der Waals surface area contributed by atoms with E-state index in [9.17, 15) is 18.0 Å². The third-order valence-electron chi connectivity index (χ3n) is 3.62. The van der Waals surface area contributed by atoms with Gasteiger partial charge in [0.05, 0.1) is 24.2 Å². The highest BCUT2D eigenvalue weighted by molar-refractivity contribution is 7.91. The highest BCUT2D eigenvalue weighted by Crippen LogP contribution is 2.28. The third-order valence-corrected chi connectivity index (χ3v) is 5.37. The Hall–Kier alpha value is -2.16. The first-order valence-corrected chi connectivity index (χ1v) is 8.12. The number of H-pyrrole nitrogens is 1. The molecule has 0 aliphatic carbocycles. The summed E-state index contributed by atoms with van der Waals surface area (Å²) in [4.78, 5) is 23.6. The van der Waals surface area contributed by atoms with Crippen LogP contribution >= 0.6 is 0 Å². The van der Waals surface area contributed by atoms with Crippen molar-refractivity contribution >= 4 is 15.8 Å². The van der Waals surface area contributed by atoms with Gasteiger partial charge in [0, 0.05) is 18.4 Å². The number of rotatable bonds is 2. The summed E-state index contributed by atoms with van der Waals surface area (Å²) in [6.07, 6.45) is 3.46. The van der Waals surface area contributed by atoms with Crippen LogP contribution < -0.4 is 5.56 Å². The summed E-state index contributed by atoms with van der Waals surface area (Å²) in [7, 11) is -1.84. The van der Waals surface area contributed by atoms with E-state index in [2.05, 4.69) is 14.9 Å². The summed E-state index contributed by atoms with van der Waals surface area (Å²) in [5.74, 6) is -0.525. The number of aromatic amines is 1. The number of sulfone groups is 1. The van der Waals surface area contributed by atoms with Crippen molar-refractivity contribution in [2.75, 3.05) is 18.6 Å². The molecule has 0 bridgehead atoms. The van der Waals surface area contributed by atoms with Gasteiger partial charge in [0.1, 0.15) is 11.3 Å². The fourth-order valence-electron chi connectivity index (χ4n) is 2.54.